The van der Waals surface area contributed by atoms with Crippen molar-refractivity contribution in [3.8, 4) is 0 Å². The maximum atomic E-state index is 12.0. The average Bonchev–Trinajstić information content (AvgIpc) is 2.60. The van der Waals surface area contributed by atoms with E-state index >= 15 is 0 Å². The number of halogens is 3. The SMILES string of the molecule is O=C(/C=C/c1ccc(Cl)c([N+](=O)[O-])c1)NNC(=O)c1cc(Cl)ccc1Cl. The van der Waals surface area contributed by atoms with Gasteiger partial charge in [0, 0.05) is 17.2 Å². The summed E-state index contributed by atoms with van der Waals surface area (Å²) in [5.41, 5.74) is 4.54. The number of benzene rings is 2. The monoisotopic (exact) mass is 413 g/mol. The molecule has 2 N–H and O–H groups in total. The molecule has 26 heavy (non-hydrogen) atoms. The Hall–Kier alpha value is -2.61. The fourth-order valence-electron chi connectivity index (χ4n) is 1.84. The van der Waals surface area contributed by atoms with Crippen molar-refractivity contribution in [2.75, 3.05) is 0 Å². The van der Waals surface area contributed by atoms with Gasteiger partial charge in [-0.2, -0.15) is 0 Å². The van der Waals surface area contributed by atoms with Crippen molar-refractivity contribution < 1.29 is 14.5 Å². The fourth-order valence-corrected chi connectivity index (χ4v) is 2.41. The second-order valence-corrected chi connectivity index (χ2v) is 6.12. The number of nitrogens with one attached hydrogen (secondary N) is 2. The zero-order valence-electron chi connectivity index (χ0n) is 12.8. The first-order chi connectivity index (χ1) is 12.3. The zero-order valence-corrected chi connectivity index (χ0v) is 15.1. The second kappa shape index (κ2) is 8.66. The van der Waals surface area contributed by atoms with Gasteiger partial charge in [-0.1, -0.05) is 40.9 Å². The average molecular weight is 415 g/mol. The minimum atomic E-state index is -0.658. The van der Waals surface area contributed by atoms with Gasteiger partial charge in [0.1, 0.15) is 5.02 Å². The van der Waals surface area contributed by atoms with Crippen LogP contribution in [0.1, 0.15) is 15.9 Å². The normalized spacial score (nSPS) is 10.6. The topological polar surface area (TPSA) is 101 Å². The first-order valence-electron chi connectivity index (χ1n) is 6.95. The molecule has 10 heteroatoms. The molecule has 2 rings (SSSR count). The highest BCUT2D eigenvalue weighted by atomic mass is 35.5. The minimum Gasteiger partial charge on any atom is -0.268 e. The second-order valence-electron chi connectivity index (χ2n) is 4.87. The molecule has 0 saturated heterocycles. The Morgan fingerprint density at radius 2 is 1.69 bits per heavy atom. The number of nitro groups is 1. The summed E-state index contributed by atoms with van der Waals surface area (Å²) in [6.45, 7) is 0. The van der Waals surface area contributed by atoms with Gasteiger partial charge in [-0.05, 0) is 35.9 Å². The molecule has 0 spiro atoms. The van der Waals surface area contributed by atoms with Crippen LogP contribution in [0.3, 0.4) is 0 Å². The standard InChI is InChI=1S/C16H10Cl3N3O4/c17-10-3-5-12(18)11(8-10)16(24)21-20-15(23)6-2-9-1-4-13(19)14(7-9)22(25)26/h1-8H,(H,20,23)(H,21,24)/b6-2+. The highest BCUT2D eigenvalue weighted by Crippen LogP contribution is 2.25. The number of hydrazine groups is 1. The predicted octanol–water partition coefficient (Wildman–Crippen LogP) is 4.03. The number of hydrogen-bond acceptors (Lipinski definition) is 4. The molecule has 0 aliphatic heterocycles. The predicted molar refractivity (Wildman–Crippen MR) is 99.2 cm³/mol. The highest BCUT2D eigenvalue weighted by molar-refractivity contribution is 6.35. The fraction of sp³-hybridized carbons (Fsp3) is 0. The van der Waals surface area contributed by atoms with Gasteiger partial charge in [-0.15, -0.1) is 0 Å². The molecular formula is C16H10Cl3N3O4. The summed E-state index contributed by atoms with van der Waals surface area (Å²) >= 11 is 17.4. The van der Waals surface area contributed by atoms with Crippen LogP contribution < -0.4 is 10.9 Å². The van der Waals surface area contributed by atoms with Crippen molar-refractivity contribution in [3.05, 3.63) is 78.8 Å². The van der Waals surface area contributed by atoms with Gasteiger partial charge in [0.25, 0.3) is 17.5 Å². The molecule has 0 unspecified atom stereocenters. The van der Waals surface area contributed by atoms with Crippen LogP contribution in [0.25, 0.3) is 6.08 Å². The van der Waals surface area contributed by atoms with E-state index in [1.807, 2.05) is 0 Å². The lowest BCUT2D eigenvalue weighted by Gasteiger charge is -2.07. The first-order valence-corrected chi connectivity index (χ1v) is 8.08. The summed E-state index contributed by atoms with van der Waals surface area (Å²) in [5, 5.41) is 11.3. The quantitative estimate of drug-likeness (QED) is 0.448. The Bertz CT molecular complexity index is 916. The zero-order chi connectivity index (χ0) is 19.3. The van der Waals surface area contributed by atoms with Gasteiger partial charge in [-0.3, -0.25) is 30.6 Å². The lowest BCUT2D eigenvalue weighted by Crippen LogP contribution is -2.40. The van der Waals surface area contributed by atoms with Crippen LogP contribution in [0.5, 0.6) is 0 Å². The summed E-state index contributed by atoms with van der Waals surface area (Å²) < 4.78 is 0. The lowest BCUT2D eigenvalue weighted by atomic mass is 10.2. The molecule has 7 nitrogen and oxygen atoms in total. The molecule has 2 aromatic carbocycles. The third-order valence-electron chi connectivity index (χ3n) is 3.07. The Balaban J connectivity index is 1.99. The van der Waals surface area contributed by atoms with Gasteiger partial charge < -0.3 is 0 Å². The van der Waals surface area contributed by atoms with Crippen molar-refractivity contribution in [2.45, 2.75) is 0 Å². The van der Waals surface area contributed by atoms with Gasteiger partial charge in [0.15, 0.2) is 0 Å². The van der Waals surface area contributed by atoms with E-state index in [9.17, 15) is 19.7 Å². The van der Waals surface area contributed by atoms with Crippen LogP contribution >= 0.6 is 34.8 Å². The van der Waals surface area contributed by atoms with Crippen LogP contribution in [0.2, 0.25) is 15.1 Å². The van der Waals surface area contributed by atoms with Crippen LogP contribution in [-0.4, -0.2) is 16.7 Å². The van der Waals surface area contributed by atoms with Crippen molar-refractivity contribution in [3.63, 3.8) is 0 Å². The Labute approximate surface area is 162 Å². The minimum absolute atomic E-state index is 0.0118. The van der Waals surface area contributed by atoms with E-state index in [4.69, 9.17) is 34.8 Å². The molecule has 0 fully saturated rings. The van der Waals surface area contributed by atoms with E-state index in [-0.39, 0.29) is 21.3 Å². The van der Waals surface area contributed by atoms with E-state index in [0.717, 1.165) is 6.08 Å². The Morgan fingerprint density at radius 3 is 2.38 bits per heavy atom. The summed E-state index contributed by atoms with van der Waals surface area (Å²) in [6, 6.07) is 8.40. The molecule has 0 aromatic heterocycles. The molecule has 0 heterocycles. The molecule has 0 aliphatic carbocycles. The number of nitro benzene ring substituents is 1. The Morgan fingerprint density at radius 1 is 1.00 bits per heavy atom. The van der Waals surface area contributed by atoms with E-state index in [1.54, 1.807) is 0 Å². The molecular weight excluding hydrogens is 405 g/mol. The van der Waals surface area contributed by atoms with E-state index in [0.29, 0.717) is 10.6 Å². The molecule has 134 valence electrons. The van der Waals surface area contributed by atoms with Crippen molar-refractivity contribution in [1.82, 2.24) is 10.9 Å². The number of hydrogen-bond donors (Lipinski definition) is 2. The number of rotatable bonds is 4. The highest BCUT2D eigenvalue weighted by Gasteiger charge is 2.13. The summed E-state index contributed by atoms with van der Waals surface area (Å²) in [6.07, 6.45) is 2.42. The molecule has 0 radical (unpaired) electrons. The lowest BCUT2D eigenvalue weighted by molar-refractivity contribution is -0.384. The van der Waals surface area contributed by atoms with Gasteiger partial charge in [0.05, 0.1) is 15.5 Å². The van der Waals surface area contributed by atoms with Crippen molar-refractivity contribution in [2.24, 2.45) is 0 Å². The van der Waals surface area contributed by atoms with Gasteiger partial charge >= 0.3 is 0 Å². The molecule has 2 aromatic rings. The smallest absolute Gasteiger partial charge is 0.268 e. The van der Waals surface area contributed by atoms with Crippen LogP contribution in [-0.2, 0) is 4.79 Å². The third-order valence-corrected chi connectivity index (χ3v) is 3.95. The summed E-state index contributed by atoms with van der Waals surface area (Å²) in [7, 11) is 0. The maximum Gasteiger partial charge on any atom is 0.288 e. The van der Waals surface area contributed by atoms with E-state index in [1.165, 1.54) is 42.5 Å². The molecule has 0 atom stereocenters. The van der Waals surface area contributed by atoms with Crippen molar-refractivity contribution in [1.29, 1.82) is 0 Å². The van der Waals surface area contributed by atoms with Crippen molar-refractivity contribution >= 4 is 58.4 Å². The number of carbonyl (C=O) groups excluding carboxylic acids is 2. The van der Waals surface area contributed by atoms with E-state index < -0.39 is 16.7 Å². The number of amides is 2. The number of nitrogens with zero attached hydrogens (tertiary/aromatic N) is 1. The largest absolute Gasteiger partial charge is 0.288 e. The van der Waals surface area contributed by atoms with Crippen LogP contribution in [0.15, 0.2) is 42.5 Å². The maximum absolute atomic E-state index is 12.0. The van der Waals surface area contributed by atoms with Gasteiger partial charge in [-0.25, -0.2) is 0 Å². The van der Waals surface area contributed by atoms with Gasteiger partial charge in [0.2, 0.25) is 0 Å². The molecule has 0 bridgehead atoms. The third kappa shape index (κ3) is 5.19. The first kappa shape index (κ1) is 19.7. The van der Waals surface area contributed by atoms with E-state index in [2.05, 4.69) is 10.9 Å². The molecule has 0 saturated carbocycles. The molecule has 2 amide bonds. The summed E-state index contributed by atoms with van der Waals surface area (Å²) in [5.74, 6) is -1.31. The molecule has 0 aliphatic rings. The van der Waals surface area contributed by atoms with Crippen LogP contribution in [0, 0.1) is 10.1 Å². The number of carbonyl (C=O) groups is 2. The summed E-state index contributed by atoms with van der Waals surface area (Å²) in [4.78, 5) is 33.9. The van der Waals surface area contributed by atoms with Crippen LogP contribution in [0.4, 0.5) is 5.69 Å². The Kier molecular flexibility index (Phi) is 6.57.